The molecular formula is C17H27ClN2O4. The van der Waals surface area contributed by atoms with Crippen molar-refractivity contribution in [1.82, 2.24) is 9.80 Å². The van der Waals surface area contributed by atoms with Crippen LogP contribution in [0.4, 0.5) is 0 Å². The summed E-state index contributed by atoms with van der Waals surface area (Å²) >= 11 is 0. The van der Waals surface area contributed by atoms with Crippen molar-refractivity contribution in [3.63, 3.8) is 0 Å². The zero-order valence-electron chi connectivity index (χ0n) is 14.1. The van der Waals surface area contributed by atoms with Gasteiger partial charge in [0.05, 0.1) is 6.61 Å². The summed E-state index contributed by atoms with van der Waals surface area (Å²) in [5.74, 6) is 0.679. The van der Waals surface area contributed by atoms with Crippen molar-refractivity contribution >= 4 is 18.2 Å². The number of aliphatic hydroxyl groups is 2. The Kier molecular flexibility index (Phi) is 9.25. The molecule has 1 fully saturated rings. The van der Waals surface area contributed by atoms with Crippen LogP contribution in [0.25, 0.3) is 0 Å². The number of benzene rings is 1. The molecule has 2 N–H and O–H groups in total. The maximum Gasteiger partial charge on any atom is 0.159 e. The van der Waals surface area contributed by atoms with Gasteiger partial charge in [0, 0.05) is 44.8 Å². The highest BCUT2D eigenvalue weighted by molar-refractivity contribution is 5.94. The SMILES string of the molecule is CC(=O)c1ccc(OCC(O)CN2CCN(CCO)CC2)cc1.Cl. The van der Waals surface area contributed by atoms with Crippen molar-refractivity contribution in [3.05, 3.63) is 29.8 Å². The minimum absolute atomic E-state index is 0. The summed E-state index contributed by atoms with van der Waals surface area (Å²) in [6, 6.07) is 6.95. The molecule has 0 aromatic heterocycles. The van der Waals surface area contributed by atoms with Crippen LogP contribution in [0, 0.1) is 0 Å². The molecule has 1 aromatic rings. The van der Waals surface area contributed by atoms with Crippen LogP contribution in [-0.4, -0.2) is 84.4 Å². The topological polar surface area (TPSA) is 73.2 Å². The van der Waals surface area contributed by atoms with E-state index in [-0.39, 0.29) is 31.4 Å². The minimum atomic E-state index is -0.549. The third kappa shape index (κ3) is 6.75. The number of aliphatic hydroxyl groups excluding tert-OH is 2. The Bertz CT molecular complexity index is 490. The number of Topliss-reactive ketones (excluding diaryl/α,β-unsaturated/α-hetero) is 1. The van der Waals surface area contributed by atoms with Crippen LogP contribution >= 0.6 is 12.4 Å². The fraction of sp³-hybridized carbons (Fsp3) is 0.588. The average molecular weight is 359 g/mol. The number of hydrogen-bond donors (Lipinski definition) is 2. The molecular weight excluding hydrogens is 332 g/mol. The lowest BCUT2D eigenvalue weighted by Crippen LogP contribution is -2.49. The van der Waals surface area contributed by atoms with Gasteiger partial charge in [-0.15, -0.1) is 12.4 Å². The van der Waals surface area contributed by atoms with E-state index in [0.29, 0.717) is 17.9 Å². The average Bonchev–Trinajstić information content (AvgIpc) is 2.55. The number of ketones is 1. The van der Waals surface area contributed by atoms with E-state index >= 15 is 0 Å². The van der Waals surface area contributed by atoms with Crippen molar-refractivity contribution in [1.29, 1.82) is 0 Å². The summed E-state index contributed by atoms with van der Waals surface area (Å²) in [5.41, 5.74) is 0.652. The lowest BCUT2D eigenvalue weighted by molar-refractivity contribution is 0.0428. The second-order valence-electron chi connectivity index (χ2n) is 5.91. The Morgan fingerprint density at radius 1 is 1.17 bits per heavy atom. The first kappa shape index (κ1) is 20.9. The van der Waals surface area contributed by atoms with Gasteiger partial charge in [0.25, 0.3) is 0 Å². The van der Waals surface area contributed by atoms with E-state index in [1.165, 1.54) is 6.92 Å². The van der Waals surface area contributed by atoms with E-state index in [1.54, 1.807) is 24.3 Å². The molecule has 6 nitrogen and oxygen atoms in total. The van der Waals surface area contributed by atoms with Crippen LogP contribution in [0.1, 0.15) is 17.3 Å². The third-order valence-electron chi connectivity index (χ3n) is 4.05. The second-order valence-corrected chi connectivity index (χ2v) is 5.91. The lowest BCUT2D eigenvalue weighted by Gasteiger charge is -2.35. The molecule has 1 aromatic carbocycles. The number of ether oxygens (including phenoxy) is 1. The number of carbonyl (C=O) groups excluding carboxylic acids is 1. The fourth-order valence-corrected chi connectivity index (χ4v) is 2.67. The van der Waals surface area contributed by atoms with E-state index < -0.39 is 6.10 Å². The molecule has 0 spiro atoms. The predicted molar refractivity (Wildman–Crippen MR) is 95.2 cm³/mol. The van der Waals surface area contributed by atoms with Gasteiger partial charge in [0.2, 0.25) is 0 Å². The molecule has 0 aliphatic carbocycles. The molecule has 0 amide bonds. The highest BCUT2D eigenvalue weighted by Gasteiger charge is 2.19. The normalized spacial score (nSPS) is 17.1. The number of piperazine rings is 1. The first-order valence-electron chi connectivity index (χ1n) is 8.06. The van der Waals surface area contributed by atoms with Crippen molar-refractivity contribution in [2.24, 2.45) is 0 Å². The third-order valence-corrected chi connectivity index (χ3v) is 4.05. The quantitative estimate of drug-likeness (QED) is 0.665. The molecule has 1 saturated heterocycles. The lowest BCUT2D eigenvalue weighted by atomic mass is 10.1. The van der Waals surface area contributed by atoms with E-state index in [2.05, 4.69) is 9.80 Å². The molecule has 1 aliphatic heterocycles. The van der Waals surface area contributed by atoms with Gasteiger partial charge in [-0.1, -0.05) is 0 Å². The van der Waals surface area contributed by atoms with Gasteiger partial charge in [-0.25, -0.2) is 0 Å². The molecule has 1 heterocycles. The summed E-state index contributed by atoms with van der Waals surface area (Å²) in [6.45, 7) is 6.87. The summed E-state index contributed by atoms with van der Waals surface area (Å²) in [4.78, 5) is 15.6. The molecule has 1 aliphatic rings. The van der Waals surface area contributed by atoms with Crippen LogP contribution in [-0.2, 0) is 0 Å². The molecule has 0 bridgehead atoms. The Labute approximate surface area is 149 Å². The van der Waals surface area contributed by atoms with Crippen LogP contribution in [0.2, 0.25) is 0 Å². The summed E-state index contributed by atoms with van der Waals surface area (Å²) < 4.78 is 5.57. The second kappa shape index (κ2) is 10.6. The van der Waals surface area contributed by atoms with Gasteiger partial charge in [-0.3, -0.25) is 14.6 Å². The van der Waals surface area contributed by atoms with Gasteiger partial charge in [0.1, 0.15) is 18.5 Å². The molecule has 7 heteroatoms. The van der Waals surface area contributed by atoms with Crippen molar-refractivity contribution < 1.29 is 19.7 Å². The Morgan fingerprint density at radius 2 is 1.75 bits per heavy atom. The monoisotopic (exact) mass is 358 g/mol. The van der Waals surface area contributed by atoms with Gasteiger partial charge in [-0.2, -0.15) is 0 Å². The van der Waals surface area contributed by atoms with E-state index in [0.717, 1.165) is 32.7 Å². The first-order valence-corrected chi connectivity index (χ1v) is 8.06. The Balaban J connectivity index is 0.00000288. The van der Waals surface area contributed by atoms with Crippen molar-refractivity contribution in [2.75, 3.05) is 52.5 Å². The summed E-state index contributed by atoms with van der Waals surface area (Å²) in [5, 5.41) is 19.0. The van der Waals surface area contributed by atoms with E-state index in [9.17, 15) is 9.90 Å². The maximum atomic E-state index is 11.2. The molecule has 1 atom stereocenters. The van der Waals surface area contributed by atoms with Crippen molar-refractivity contribution in [2.45, 2.75) is 13.0 Å². The van der Waals surface area contributed by atoms with Crippen LogP contribution in [0.15, 0.2) is 24.3 Å². The van der Waals surface area contributed by atoms with Gasteiger partial charge < -0.3 is 14.9 Å². The number of β-amino-alcohol motifs (C(OH)–C–C–N with tert-alkyl or cyclic N) is 2. The van der Waals surface area contributed by atoms with E-state index in [4.69, 9.17) is 9.84 Å². The predicted octanol–water partition coefficient (Wildman–Crippen LogP) is 0.661. The number of hydrogen-bond acceptors (Lipinski definition) is 6. The minimum Gasteiger partial charge on any atom is -0.491 e. The molecule has 0 radical (unpaired) electrons. The van der Waals surface area contributed by atoms with E-state index in [1.807, 2.05) is 0 Å². The van der Waals surface area contributed by atoms with Gasteiger partial charge in [0.15, 0.2) is 5.78 Å². The van der Waals surface area contributed by atoms with Crippen LogP contribution in [0.5, 0.6) is 5.75 Å². The number of nitrogens with zero attached hydrogens (tertiary/aromatic N) is 2. The zero-order chi connectivity index (χ0) is 16.7. The standard InChI is InChI=1S/C17H26N2O4.ClH/c1-14(21)15-2-4-17(5-3-15)23-13-16(22)12-19-8-6-18(7-9-19)10-11-20;/h2-5,16,20,22H,6-13H2,1H3;1H. The zero-order valence-corrected chi connectivity index (χ0v) is 14.9. The molecule has 2 rings (SSSR count). The largest absolute Gasteiger partial charge is 0.491 e. The molecule has 24 heavy (non-hydrogen) atoms. The Hall–Kier alpha value is -1.18. The number of carbonyl (C=O) groups is 1. The number of rotatable bonds is 8. The molecule has 1 unspecified atom stereocenters. The smallest absolute Gasteiger partial charge is 0.159 e. The maximum absolute atomic E-state index is 11.2. The fourth-order valence-electron chi connectivity index (χ4n) is 2.67. The van der Waals surface area contributed by atoms with Crippen LogP contribution < -0.4 is 4.74 Å². The van der Waals surface area contributed by atoms with Gasteiger partial charge in [-0.05, 0) is 31.2 Å². The van der Waals surface area contributed by atoms with Crippen molar-refractivity contribution in [3.8, 4) is 5.75 Å². The first-order chi connectivity index (χ1) is 11.1. The Morgan fingerprint density at radius 3 is 2.29 bits per heavy atom. The van der Waals surface area contributed by atoms with Crippen LogP contribution in [0.3, 0.4) is 0 Å². The highest BCUT2D eigenvalue weighted by atomic mass is 35.5. The summed E-state index contributed by atoms with van der Waals surface area (Å²) in [6.07, 6.45) is -0.549. The van der Waals surface area contributed by atoms with Gasteiger partial charge >= 0.3 is 0 Å². The molecule has 0 saturated carbocycles. The number of halogens is 1. The highest BCUT2D eigenvalue weighted by Crippen LogP contribution is 2.13. The summed E-state index contributed by atoms with van der Waals surface area (Å²) in [7, 11) is 0. The molecule has 136 valence electrons.